The van der Waals surface area contributed by atoms with E-state index in [-0.39, 0.29) is 22.6 Å². The van der Waals surface area contributed by atoms with Gasteiger partial charge in [-0.15, -0.1) is 0 Å². The van der Waals surface area contributed by atoms with Crippen LogP contribution in [0.1, 0.15) is 89.2 Å². The normalized spacial score (nSPS) is 12.7. The minimum Gasteiger partial charge on any atom is -0.390 e. The molecule has 2 atom stereocenters. The van der Waals surface area contributed by atoms with Gasteiger partial charge >= 0.3 is 0 Å². The SMILES string of the molecule is CCCN(CCC)C(=O)c1cc(C(N)=O)cc(C(=O)N[C@H](Cc2ccc(C)cc2)[C@@H](O)CNCCC(C)C)c1. The second-order valence-electron chi connectivity index (χ2n) is 10.7. The number of carbonyl (C=O) groups is 3. The van der Waals surface area contributed by atoms with Gasteiger partial charge in [-0.1, -0.05) is 57.5 Å². The number of hydrogen-bond acceptors (Lipinski definition) is 5. The predicted octanol–water partition coefficient (Wildman–Crippen LogP) is 3.69. The van der Waals surface area contributed by atoms with Gasteiger partial charge in [0.05, 0.1) is 12.1 Å². The average molecular weight is 539 g/mol. The molecular formula is C31H46N4O4. The smallest absolute Gasteiger partial charge is 0.253 e. The number of aliphatic hydroxyl groups is 1. The lowest BCUT2D eigenvalue weighted by Crippen LogP contribution is -2.49. The van der Waals surface area contributed by atoms with Crippen molar-refractivity contribution < 1.29 is 19.5 Å². The van der Waals surface area contributed by atoms with Crippen LogP contribution in [-0.4, -0.2) is 66.1 Å². The molecule has 0 heterocycles. The van der Waals surface area contributed by atoms with Crippen molar-refractivity contribution in [2.45, 2.75) is 72.4 Å². The molecule has 214 valence electrons. The first-order valence-electron chi connectivity index (χ1n) is 14.0. The Kier molecular flexibility index (Phi) is 13.1. The zero-order valence-corrected chi connectivity index (χ0v) is 24.1. The van der Waals surface area contributed by atoms with Crippen LogP contribution in [0.5, 0.6) is 0 Å². The highest BCUT2D eigenvalue weighted by molar-refractivity contribution is 6.04. The molecule has 0 aromatic heterocycles. The fourth-order valence-electron chi connectivity index (χ4n) is 4.36. The Bertz CT molecular complexity index is 1080. The van der Waals surface area contributed by atoms with Crippen molar-refractivity contribution in [3.63, 3.8) is 0 Å². The monoisotopic (exact) mass is 538 g/mol. The Labute approximate surface area is 233 Å². The van der Waals surface area contributed by atoms with E-state index in [4.69, 9.17) is 5.73 Å². The summed E-state index contributed by atoms with van der Waals surface area (Å²) in [7, 11) is 0. The van der Waals surface area contributed by atoms with Crippen LogP contribution in [0.3, 0.4) is 0 Å². The summed E-state index contributed by atoms with van der Waals surface area (Å²) in [5, 5.41) is 17.3. The first kappa shape index (κ1) is 32.0. The summed E-state index contributed by atoms with van der Waals surface area (Å²) in [5.74, 6) is -0.913. The fraction of sp³-hybridized carbons (Fsp3) is 0.516. The van der Waals surface area contributed by atoms with E-state index in [1.807, 2.05) is 45.0 Å². The summed E-state index contributed by atoms with van der Waals surface area (Å²) >= 11 is 0. The van der Waals surface area contributed by atoms with E-state index in [0.29, 0.717) is 32.0 Å². The summed E-state index contributed by atoms with van der Waals surface area (Å²) in [6, 6.07) is 11.7. The van der Waals surface area contributed by atoms with Gasteiger partial charge in [-0.2, -0.15) is 0 Å². The molecule has 3 amide bonds. The van der Waals surface area contributed by atoms with Gasteiger partial charge in [0.15, 0.2) is 0 Å². The van der Waals surface area contributed by atoms with E-state index in [2.05, 4.69) is 24.5 Å². The lowest BCUT2D eigenvalue weighted by atomic mass is 9.98. The molecule has 2 rings (SSSR count). The number of amides is 3. The molecule has 2 aromatic carbocycles. The van der Waals surface area contributed by atoms with E-state index in [1.165, 1.54) is 18.2 Å². The van der Waals surface area contributed by atoms with Crippen molar-refractivity contribution in [1.29, 1.82) is 0 Å². The van der Waals surface area contributed by atoms with Crippen LogP contribution in [0.15, 0.2) is 42.5 Å². The topological polar surface area (TPSA) is 125 Å². The molecule has 0 fully saturated rings. The highest BCUT2D eigenvalue weighted by Crippen LogP contribution is 2.16. The summed E-state index contributed by atoms with van der Waals surface area (Å²) in [5.41, 5.74) is 8.13. The molecule has 5 N–H and O–H groups in total. The van der Waals surface area contributed by atoms with Gasteiger partial charge in [0.1, 0.15) is 0 Å². The van der Waals surface area contributed by atoms with Gasteiger partial charge in [-0.3, -0.25) is 14.4 Å². The van der Waals surface area contributed by atoms with E-state index in [1.54, 1.807) is 4.90 Å². The number of hydrogen-bond donors (Lipinski definition) is 4. The fourth-order valence-corrected chi connectivity index (χ4v) is 4.36. The van der Waals surface area contributed by atoms with Crippen LogP contribution >= 0.6 is 0 Å². The van der Waals surface area contributed by atoms with Crippen LogP contribution in [0.25, 0.3) is 0 Å². The maximum absolute atomic E-state index is 13.5. The Morgan fingerprint density at radius 2 is 1.54 bits per heavy atom. The molecular weight excluding hydrogens is 492 g/mol. The highest BCUT2D eigenvalue weighted by Gasteiger charge is 2.24. The molecule has 0 saturated carbocycles. The first-order chi connectivity index (χ1) is 18.5. The number of carbonyl (C=O) groups excluding carboxylic acids is 3. The standard InChI is InChI=1S/C31H46N4O4/c1-6-14-35(15-7-2)31(39)26-18-24(29(32)37)17-25(19-26)30(38)34-27(16-23-10-8-22(5)9-11-23)28(36)20-33-13-12-21(3)4/h8-11,17-19,21,27-28,33,36H,6-7,12-16,20H2,1-5H3,(H2,32,37)(H,34,38)/t27-,28+/m1/s1. The second-order valence-corrected chi connectivity index (χ2v) is 10.7. The predicted molar refractivity (Wildman–Crippen MR) is 156 cm³/mol. The van der Waals surface area contributed by atoms with Crippen LogP contribution in [0.2, 0.25) is 0 Å². The van der Waals surface area contributed by atoms with Crippen LogP contribution in [-0.2, 0) is 6.42 Å². The van der Waals surface area contributed by atoms with Crippen molar-refractivity contribution >= 4 is 17.7 Å². The highest BCUT2D eigenvalue weighted by atomic mass is 16.3. The number of nitrogens with zero attached hydrogens (tertiary/aromatic N) is 1. The molecule has 8 nitrogen and oxygen atoms in total. The van der Waals surface area contributed by atoms with E-state index in [9.17, 15) is 19.5 Å². The molecule has 0 unspecified atom stereocenters. The number of aliphatic hydroxyl groups excluding tert-OH is 1. The lowest BCUT2D eigenvalue weighted by molar-refractivity contribution is 0.0755. The van der Waals surface area contributed by atoms with E-state index < -0.39 is 24.0 Å². The molecule has 0 spiro atoms. The van der Waals surface area contributed by atoms with Gasteiger partial charge in [-0.25, -0.2) is 0 Å². The van der Waals surface area contributed by atoms with Crippen molar-refractivity contribution in [2.75, 3.05) is 26.2 Å². The van der Waals surface area contributed by atoms with Crippen molar-refractivity contribution in [1.82, 2.24) is 15.5 Å². The number of nitrogens with two attached hydrogens (primary N) is 1. The molecule has 0 aliphatic rings. The van der Waals surface area contributed by atoms with E-state index in [0.717, 1.165) is 36.9 Å². The molecule has 0 saturated heterocycles. The quantitative estimate of drug-likeness (QED) is 0.243. The number of rotatable bonds is 16. The second kappa shape index (κ2) is 16.0. The minimum absolute atomic E-state index is 0.0879. The molecule has 0 bridgehead atoms. The maximum atomic E-state index is 13.5. The van der Waals surface area contributed by atoms with Crippen LogP contribution < -0.4 is 16.4 Å². The zero-order chi connectivity index (χ0) is 28.9. The molecule has 8 heteroatoms. The molecule has 39 heavy (non-hydrogen) atoms. The van der Waals surface area contributed by atoms with Gasteiger partial charge in [0, 0.05) is 36.3 Å². The Balaban J connectivity index is 2.32. The van der Waals surface area contributed by atoms with Crippen molar-refractivity contribution in [3.05, 3.63) is 70.3 Å². The Morgan fingerprint density at radius 3 is 2.10 bits per heavy atom. The van der Waals surface area contributed by atoms with Crippen molar-refractivity contribution in [3.8, 4) is 0 Å². The summed E-state index contributed by atoms with van der Waals surface area (Å²) in [6.45, 7) is 12.5. The Morgan fingerprint density at radius 1 is 0.949 bits per heavy atom. The number of primary amides is 1. The Hall–Kier alpha value is -3.23. The van der Waals surface area contributed by atoms with E-state index >= 15 is 0 Å². The maximum Gasteiger partial charge on any atom is 0.253 e. The van der Waals surface area contributed by atoms with Crippen LogP contribution in [0.4, 0.5) is 0 Å². The minimum atomic E-state index is -0.854. The zero-order valence-electron chi connectivity index (χ0n) is 24.1. The summed E-state index contributed by atoms with van der Waals surface area (Å²) in [6.07, 6.45) is 2.12. The number of benzene rings is 2. The van der Waals surface area contributed by atoms with Crippen LogP contribution in [0, 0.1) is 12.8 Å². The van der Waals surface area contributed by atoms with Crippen molar-refractivity contribution in [2.24, 2.45) is 11.7 Å². The van der Waals surface area contributed by atoms with Gasteiger partial charge in [-0.05, 0) is 68.8 Å². The number of aryl methyl sites for hydroxylation is 1. The number of nitrogens with one attached hydrogen (secondary N) is 2. The summed E-state index contributed by atoms with van der Waals surface area (Å²) < 4.78 is 0. The molecule has 0 aliphatic heterocycles. The third-order valence-corrected chi connectivity index (χ3v) is 6.61. The lowest BCUT2D eigenvalue weighted by Gasteiger charge is -2.25. The largest absolute Gasteiger partial charge is 0.390 e. The van der Waals surface area contributed by atoms with Gasteiger partial charge in [0.2, 0.25) is 5.91 Å². The molecule has 0 radical (unpaired) electrons. The first-order valence-corrected chi connectivity index (χ1v) is 14.0. The molecule has 2 aromatic rings. The van der Waals surface area contributed by atoms with Gasteiger partial charge in [0.25, 0.3) is 11.8 Å². The summed E-state index contributed by atoms with van der Waals surface area (Å²) in [4.78, 5) is 40.5. The molecule has 0 aliphatic carbocycles. The third-order valence-electron chi connectivity index (χ3n) is 6.61. The third kappa shape index (κ3) is 10.5. The average Bonchev–Trinajstić information content (AvgIpc) is 2.90. The van der Waals surface area contributed by atoms with Gasteiger partial charge < -0.3 is 26.4 Å².